The molecule has 2 aromatic heterocycles. The predicted molar refractivity (Wildman–Crippen MR) is 94.6 cm³/mol. The summed E-state index contributed by atoms with van der Waals surface area (Å²) in [6, 6.07) is 7.11. The van der Waals surface area contributed by atoms with Gasteiger partial charge in [-0.1, -0.05) is 17.7 Å². The van der Waals surface area contributed by atoms with E-state index in [0.29, 0.717) is 22.5 Å². The second-order valence-corrected chi connectivity index (χ2v) is 5.69. The number of nitrogens with one attached hydrogen (secondary N) is 1. The Morgan fingerprint density at radius 1 is 1.36 bits per heavy atom. The predicted octanol–water partition coefficient (Wildman–Crippen LogP) is 3.54. The Kier molecular flexibility index (Phi) is 4.95. The first-order valence-corrected chi connectivity index (χ1v) is 8.03. The maximum atomic E-state index is 12.2. The van der Waals surface area contributed by atoms with Crippen molar-refractivity contribution < 1.29 is 9.53 Å². The van der Waals surface area contributed by atoms with Gasteiger partial charge in [0.2, 0.25) is 0 Å². The summed E-state index contributed by atoms with van der Waals surface area (Å²) >= 11 is 6.01. The maximum Gasteiger partial charge on any atom is 0.343 e. The third-order valence-corrected chi connectivity index (χ3v) is 3.51. The summed E-state index contributed by atoms with van der Waals surface area (Å²) in [6.45, 7) is 3.92. The van der Waals surface area contributed by atoms with Crippen molar-refractivity contribution in [2.75, 3.05) is 11.9 Å². The second-order valence-electron chi connectivity index (χ2n) is 5.25. The van der Waals surface area contributed by atoms with Crippen LogP contribution in [0.1, 0.15) is 22.8 Å². The Bertz CT molecular complexity index is 910. The molecule has 0 aliphatic carbocycles. The van der Waals surface area contributed by atoms with Crippen molar-refractivity contribution in [3.63, 3.8) is 0 Å². The van der Waals surface area contributed by atoms with Crippen molar-refractivity contribution in [1.82, 2.24) is 19.7 Å². The summed E-state index contributed by atoms with van der Waals surface area (Å²) in [7, 11) is 0. The van der Waals surface area contributed by atoms with Crippen LogP contribution in [0.15, 0.2) is 42.9 Å². The summed E-state index contributed by atoms with van der Waals surface area (Å²) in [5.74, 6) is 0.153. The number of ether oxygens (including phenoxy) is 1. The quantitative estimate of drug-likeness (QED) is 0.703. The van der Waals surface area contributed by atoms with Gasteiger partial charge in [-0.25, -0.2) is 14.5 Å². The molecule has 0 atom stereocenters. The third-order valence-electron chi connectivity index (χ3n) is 3.28. The fourth-order valence-corrected chi connectivity index (χ4v) is 2.35. The molecule has 0 bridgehead atoms. The molecule has 3 aromatic rings. The van der Waals surface area contributed by atoms with Crippen LogP contribution < -0.4 is 5.32 Å². The maximum absolute atomic E-state index is 12.2. The molecule has 0 amide bonds. The monoisotopic (exact) mass is 357 g/mol. The van der Waals surface area contributed by atoms with Crippen molar-refractivity contribution in [1.29, 1.82) is 0 Å². The fourth-order valence-electron chi connectivity index (χ4n) is 2.16. The Labute approximate surface area is 149 Å². The van der Waals surface area contributed by atoms with Crippen LogP contribution >= 0.6 is 11.6 Å². The number of halogens is 1. The molecule has 128 valence electrons. The molecule has 0 aliphatic heterocycles. The van der Waals surface area contributed by atoms with E-state index in [1.807, 2.05) is 13.0 Å². The van der Waals surface area contributed by atoms with Gasteiger partial charge < -0.3 is 10.1 Å². The highest BCUT2D eigenvalue weighted by molar-refractivity contribution is 6.30. The van der Waals surface area contributed by atoms with Crippen molar-refractivity contribution in [3.8, 4) is 5.95 Å². The molecule has 0 aliphatic rings. The summed E-state index contributed by atoms with van der Waals surface area (Å²) in [5.41, 5.74) is 1.90. The van der Waals surface area contributed by atoms with Crippen LogP contribution in [0.25, 0.3) is 5.95 Å². The first-order chi connectivity index (χ1) is 12.1. The first-order valence-electron chi connectivity index (χ1n) is 7.65. The number of anilines is 2. The molecule has 0 fully saturated rings. The van der Waals surface area contributed by atoms with Gasteiger partial charge in [-0.05, 0) is 37.6 Å². The molecular formula is C17H16ClN5O2. The van der Waals surface area contributed by atoms with E-state index in [-0.39, 0.29) is 12.2 Å². The lowest BCUT2D eigenvalue weighted by Crippen LogP contribution is -2.13. The van der Waals surface area contributed by atoms with E-state index in [2.05, 4.69) is 20.4 Å². The van der Waals surface area contributed by atoms with Gasteiger partial charge in [0.1, 0.15) is 5.56 Å². The lowest BCUT2D eigenvalue weighted by Gasteiger charge is -2.11. The van der Waals surface area contributed by atoms with Crippen LogP contribution in [-0.2, 0) is 4.74 Å². The molecule has 1 N–H and O–H groups in total. The van der Waals surface area contributed by atoms with Crippen molar-refractivity contribution in [3.05, 3.63) is 59.0 Å². The number of nitrogens with zero attached hydrogens (tertiary/aromatic N) is 4. The summed E-state index contributed by atoms with van der Waals surface area (Å²) in [6.07, 6.45) is 4.92. The minimum atomic E-state index is -0.504. The van der Waals surface area contributed by atoms with E-state index in [4.69, 9.17) is 16.3 Å². The van der Waals surface area contributed by atoms with E-state index >= 15 is 0 Å². The Balaban J connectivity index is 2.02. The normalized spacial score (nSPS) is 10.5. The van der Waals surface area contributed by atoms with Gasteiger partial charge >= 0.3 is 5.97 Å². The van der Waals surface area contributed by atoms with Gasteiger partial charge in [0.25, 0.3) is 5.95 Å². The molecule has 1 aromatic carbocycles. The molecule has 3 rings (SSSR count). The van der Waals surface area contributed by atoms with Crippen LogP contribution in [0.3, 0.4) is 0 Å². The molecule has 0 spiro atoms. The molecule has 0 saturated carbocycles. The second kappa shape index (κ2) is 7.31. The van der Waals surface area contributed by atoms with Gasteiger partial charge in [-0.2, -0.15) is 10.1 Å². The van der Waals surface area contributed by atoms with Crippen LogP contribution in [0.4, 0.5) is 11.5 Å². The number of carbonyl (C=O) groups excluding carboxylic acids is 1. The van der Waals surface area contributed by atoms with Crippen LogP contribution in [0.2, 0.25) is 5.02 Å². The fraction of sp³-hybridized carbons (Fsp3) is 0.176. The number of hydrogen-bond acceptors (Lipinski definition) is 6. The molecule has 25 heavy (non-hydrogen) atoms. The Morgan fingerprint density at radius 2 is 2.20 bits per heavy atom. The molecule has 2 heterocycles. The van der Waals surface area contributed by atoms with Crippen LogP contribution in [0, 0.1) is 6.92 Å². The SMILES string of the molecule is CCOC(=O)c1cnc(-n2cc(C)cn2)nc1Nc1cccc(Cl)c1. The molecule has 0 radical (unpaired) electrons. The average Bonchev–Trinajstić information content (AvgIpc) is 3.01. The standard InChI is InChI=1S/C17H16ClN5O2/c1-3-25-16(24)14-9-19-17(23-10-11(2)8-20-23)22-15(14)21-13-6-4-5-12(18)7-13/h4-10H,3H2,1-2H3,(H,19,21,22). The zero-order valence-corrected chi connectivity index (χ0v) is 14.5. The van der Waals surface area contributed by atoms with Gasteiger partial charge in [-0.3, -0.25) is 0 Å². The first kappa shape index (κ1) is 16.9. The van der Waals surface area contributed by atoms with Crippen LogP contribution in [-0.4, -0.2) is 32.3 Å². The molecule has 0 saturated heterocycles. The van der Waals surface area contributed by atoms with E-state index in [1.165, 1.54) is 10.9 Å². The smallest absolute Gasteiger partial charge is 0.343 e. The summed E-state index contributed by atoms with van der Waals surface area (Å²) in [4.78, 5) is 20.8. The van der Waals surface area contributed by atoms with Crippen molar-refractivity contribution in [2.24, 2.45) is 0 Å². The largest absolute Gasteiger partial charge is 0.462 e. The summed E-state index contributed by atoms with van der Waals surface area (Å²) in [5, 5.41) is 7.85. The molecule has 7 nitrogen and oxygen atoms in total. The number of aromatic nitrogens is 4. The van der Waals surface area contributed by atoms with Crippen molar-refractivity contribution >= 4 is 29.1 Å². The average molecular weight is 358 g/mol. The lowest BCUT2D eigenvalue weighted by atomic mass is 10.2. The highest BCUT2D eigenvalue weighted by Gasteiger charge is 2.17. The van der Waals surface area contributed by atoms with Gasteiger partial charge in [0.15, 0.2) is 5.82 Å². The topological polar surface area (TPSA) is 81.9 Å². The van der Waals surface area contributed by atoms with Gasteiger partial charge in [-0.15, -0.1) is 0 Å². The number of carbonyl (C=O) groups is 1. The third kappa shape index (κ3) is 3.95. The van der Waals surface area contributed by atoms with E-state index < -0.39 is 5.97 Å². The van der Waals surface area contributed by atoms with E-state index in [9.17, 15) is 4.79 Å². The number of esters is 1. The lowest BCUT2D eigenvalue weighted by molar-refractivity contribution is 0.0526. The minimum absolute atomic E-state index is 0.231. The number of benzene rings is 1. The number of hydrogen-bond donors (Lipinski definition) is 1. The van der Waals surface area contributed by atoms with E-state index in [1.54, 1.807) is 37.5 Å². The Hall–Kier alpha value is -2.93. The van der Waals surface area contributed by atoms with Gasteiger partial charge in [0, 0.05) is 23.1 Å². The summed E-state index contributed by atoms with van der Waals surface area (Å²) < 4.78 is 6.61. The highest BCUT2D eigenvalue weighted by atomic mass is 35.5. The highest BCUT2D eigenvalue weighted by Crippen LogP contribution is 2.22. The molecule has 8 heteroatoms. The van der Waals surface area contributed by atoms with Crippen molar-refractivity contribution in [2.45, 2.75) is 13.8 Å². The number of aryl methyl sites for hydroxylation is 1. The molecular weight excluding hydrogens is 342 g/mol. The van der Waals surface area contributed by atoms with Crippen LogP contribution in [0.5, 0.6) is 0 Å². The van der Waals surface area contributed by atoms with Gasteiger partial charge in [0.05, 0.1) is 12.8 Å². The zero-order chi connectivity index (χ0) is 17.8. The minimum Gasteiger partial charge on any atom is -0.462 e. The number of rotatable bonds is 5. The Morgan fingerprint density at radius 3 is 2.88 bits per heavy atom. The van der Waals surface area contributed by atoms with E-state index in [0.717, 1.165) is 5.56 Å². The zero-order valence-electron chi connectivity index (χ0n) is 13.7. The molecule has 0 unspecified atom stereocenters.